The molecule has 0 aliphatic carbocycles. The molecule has 3 heterocycles. The van der Waals surface area contributed by atoms with Gasteiger partial charge in [-0.25, -0.2) is 0 Å². The molecule has 0 radical (unpaired) electrons. The first-order chi connectivity index (χ1) is 28.2. The summed E-state index contributed by atoms with van der Waals surface area (Å²) in [5, 5.41) is 7.75. The number of nitrogens with zero attached hydrogens (tertiary/aromatic N) is 2. The molecule has 0 bridgehead atoms. The van der Waals surface area contributed by atoms with E-state index < -0.39 is 0 Å². The summed E-state index contributed by atoms with van der Waals surface area (Å²) in [6.07, 6.45) is 0. The minimum Gasteiger partial charge on any atom is -0.309 e. The van der Waals surface area contributed by atoms with Gasteiger partial charge in [0.25, 0.3) is 0 Å². The highest BCUT2D eigenvalue weighted by atomic mass is 32.1. The SMILES string of the molecule is c1ccc(-c2cccc(-c3ccc4c(c3)c3ccccc3n4-c3ccc(-c4ccc(-n5c6ccccc6c6cc7c(cc65)sc5ccccc57)cc4)cc3)c2)cc1. The molecule has 0 atom stereocenters. The molecule has 0 aliphatic heterocycles. The Morgan fingerprint density at radius 2 is 0.719 bits per heavy atom. The second kappa shape index (κ2) is 12.7. The maximum absolute atomic E-state index is 2.43. The summed E-state index contributed by atoms with van der Waals surface area (Å²) < 4.78 is 7.48. The third-order valence-corrected chi connectivity index (χ3v) is 12.9. The summed E-state index contributed by atoms with van der Waals surface area (Å²) in [7, 11) is 0. The van der Waals surface area contributed by atoms with E-state index in [4.69, 9.17) is 0 Å². The van der Waals surface area contributed by atoms with E-state index in [2.05, 4.69) is 215 Å². The van der Waals surface area contributed by atoms with Gasteiger partial charge in [0.15, 0.2) is 0 Å². The lowest BCUT2D eigenvalue weighted by Gasteiger charge is -2.11. The summed E-state index contributed by atoms with van der Waals surface area (Å²) in [5.41, 5.74) is 14.5. The predicted molar refractivity (Wildman–Crippen MR) is 244 cm³/mol. The second-order valence-corrected chi connectivity index (χ2v) is 16.0. The number of para-hydroxylation sites is 2. The summed E-state index contributed by atoms with van der Waals surface area (Å²) in [6, 6.07) is 75.6. The Bertz CT molecular complexity index is 3490. The molecule has 57 heavy (non-hydrogen) atoms. The van der Waals surface area contributed by atoms with Gasteiger partial charge in [-0.3, -0.25) is 0 Å². The molecule has 12 aromatic rings. The lowest BCUT2D eigenvalue weighted by molar-refractivity contribution is 1.18. The molecule has 0 aliphatic rings. The number of hydrogen-bond acceptors (Lipinski definition) is 1. The minimum absolute atomic E-state index is 1.15. The third-order valence-electron chi connectivity index (χ3n) is 11.7. The number of benzene rings is 9. The van der Waals surface area contributed by atoms with E-state index in [-0.39, 0.29) is 0 Å². The van der Waals surface area contributed by atoms with Gasteiger partial charge in [0.05, 0.1) is 22.1 Å². The van der Waals surface area contributed by atoms with Crippen molar-refractivity contribution in [2.75, 3.05) is 0 Å². The van der Waals surface area contributed by atoms with Crippen LogP contribution in [-0.4, -0.2) is 9.13 Å². The Morgan fingerprint density at radius 3 is 1.40 bits per heavy atom. The largest absolute Gasteiger partial charge is 0.309 e. The zero-order valence-electron chi connectivity index (χ0n) is 30.9. The number of rotatable bonds is 5. The lowest BCUT2D eigenvalue weighted by atomic mass is 9.98. The molecule has 0 amide bonds. The van der Waals surface area contributed by atoms with Crippen molar-refractivity contribution in [2.24, 2.45) is 0 Å². The van der Waals surface area contributed by atoms with Gasteiger partial charge in [-0.15, -0.1) is 11.3 Å². The first kappa shape index (κ1) is 32.1. The van der Waals surface area contributed by atoms with E-state index in [1.54, 1.807) is 0 Å². The van der Waals surface area contributed by atoms with E-state index >= 15 is 0 Å². The lowest BCUT2D eigenvalue weighted by Crippen LogP contribution is -1.94. The summed E-state index contributed by atoms with van der Waals surface area (Å²) in [6.45, 7) is 0. The Balaban J connectivity index is 0.904. The summed E-state index contributed by atoms with van der Waals surface area (Å²) in [4.78, 5) is 0. The van der Waals surface area contributed by atoms with Crippen LogP contribution in [0.5, 0.6) is 0 Å². The zero-order valence-corrected chi connectivity index (χ0v) is 31.7. The van der Waals surface area contributed by atoms with Crippen molar-refractivity contribution in [3.05, 3.63) is 206 Å². The molecule has 0 saturated carbocycles. The first-order valence-corrected chi connectivity index (χ1v) is 20.3. The molecular weight excluding hydrogens is 709 g/mol. The Hall–Kier alpha value is -7.20. The monoisotopic (exact) mass is 742 g/mol. The average molecular weight is 743 g/mol. The van der Waals surface area contributed by atoms with Crippen LogP contribution in [-0.2, 0) is 0 Å². The van der Waals surface area contributed by atoms with E-state index in [1.807, 2.05) is 11.3 Å². The van der Waals surface area contributed by atoms with E-state index in [0.29, 0.717) is 0 Å². The molecule has 2 nitrogen and oxygen atoms in total. The molecule has 0 unspecified atom stereocenters. The molecule has 266 valence electrons. The molecule has 0 spiro atoms. The van der Waals surface area contributed by atoms with Crippen molar-refractivity contribution in [2.45, 2.75) is 0 Å². The fraction of sp³-hybridized carbons (Fsp3) is 0. The number of hydrogen-bond donors (Lipinski definition) is 0. The van der Waals surface area contributed by atoms with Crippen LogP contribution in [0.2, 0.25) is 0 Å². The van der Waals surface area contributed by atoms with Gasteiger partial charge in [-0.2, -0.15) is 0 Å². The quantitative estimate of drug-likeness (QED) is 0.166. The second-order valence-electron chi connectivity index (χ2n) is 14.9. The predicted octanol–water partition coefficient (Wildman–Crippen LogP) is 15.2. The number of fused-ring (bicyclic) bond motifs is 9. The maximum Gasteiger partial charge on any atom is 0.0555 e. The van der Waals surface area contributed by atoms with E-state index in [9.17, 15) is 0 Å². The van der Waals surface area contributed by atoms with Gasteiger partial charge in [0.2, 0.25) is 0 Å². The minimum atomic E-state index is 1.15. The molecule has 3 aromatic heterocycles. The van der Waals surface area contributed by atoms with Crippen LogP contribution >= 0.6 is 11.3 Å². The van der Waals surface area contributed by atoms with Crippen LogP contribution in [0.4, 0.5) is 0 Å². The van der Waals surface area contributed by atoms with Crippen LogP contribution in [0.3, 0.4) is 0 Å². The normalized spacial score (nSPS) is 11.9. The molecule has 0 saturated heterocycles. The van der Waals surface area contributed by atoms with Crippen molar-refractivity contribution in [3.8, 4) is 44.8 Å². The Labute approximate surface area is 333 Å². The molecule has 0 N–H and O–H groups in total. The Morgan fingerprint density at radius 1 is 0.246 bits per heavy atom. The van der Waals surface area contributed by atoms with Crippen LogP contribution in [0.1, 0.15) is 0 Å². The van der Waals surface area contributed by atoms with Crippen LogP contribution in [0, 0.1) is 0 Å². The van der Waals surface area contributed by atoms with Crippen molar-refractivity contribution in [1.29, 1.82) is 0 Å². The van der Waals surface area contributed by atoms with Crippen molar-refractivity contribution < 1.29 is 0 Å². The van der Waals surface area contributed by atoms with Crippen LogP contribution < -0.4 is 0 Å². The van der Waals surface area contributed by atoms with Crippen molar-refractivity contribution in [1.82, 2.24) is 9.13 Å². The van der Waals surface area contributed by atoms with Crippen molar-refractivity contribution in [3.63, 3.8) is 0 Å². The van der Waals surface area contributed by atoms with Crippen molar-refractivity contribution >= 4 is 75.1 Å². The highest BCUT2D eigenvalue weighted by Crippen LogP contribution is 2.41. The third kappa shape index (κ3) is 5.10. The van der Waals surface area contributed by atoms with Gasteiger partial charge in [-0.1, -0.05) is 133 Å². The van der Waals surface area contributed by atoms with Gasteiger partial charge in [0.1, 0.15) is 0 Å². The summed E-state index contributed by atoms with van der Waals surface area (Å²) >= 11 is 1.88. The molecule has 0 fully saturated rings. The van der Waals surface area contributed by atoms with Crippen LogP contribution in [0.25, 0.3) is 109 Å². The standard InChI is InChI=1S/C54H34N2S/c1-2-11-35(12-3-1)38-13-10-14-39(31-38)40-25-30-51-46(32-40)43-15-4-7-18-49(43)55(51)41-26-21-36(22-27-41)37-23-28-42(29-24-37)56-50-19-8-5-16-44(50)47-33-48-45-17-6-9-20-53(45)57-54(48)34-52(47)56/h1-34H. The van der Waals surface area contributed by atoms with E-state index in [1.165, 1.54) is 103 Å². The zero-order chi connectivity index (χ0) is 37.5. The van der Waals surface area contributed by atoms with Gasteiger partial charge in [0, 0.05) is 53.1 Å². The van der Waals surface area contributed by atoms with Gasteiger partial charge >= 0.3 is 0 Å². The Kier molecular flexibility index (Phi) is 7.13. The first-order valence-electron chi connectivity index (χ1n) is 19.5. The fourth-order valence-electron chi connectivity index (χ4n) is 9.01. The highest BCUT2D eigenvalue weighted by molar-refractivity contribution is 7.25. The molecule has 9 aromatic carbocycles. The highest BCUT2D eigenvalue weighted by Gasteiger charge is 2.17. The topological polar surface area (TPSA) is 9.86 Å². The maximum atomic E-state index is 2.43. The van der Waals surface area contributed by atoms with Gasteiger partial charge in [-0.05, 0) is 106 Å². The molecular formula is C54H34N2S. The van der Waals surface area contributed by atoms with Gasteiger partial charge < -0.3 is 9.13 Å². The number of aromatic nitrogens is 2. The molecule has 12 rings (SSSR count). The fourth-order valence-corrected chi connectivity index (χ4v) is 10.1. The number of thiophene rings is 1. The smallest absolute Gasteiger partial charge is 0.0555 e. The molecule has 3 heteroatoms. The summed E-state index contributed by atoms with van der Waals surface area (Å²) in [5.74, 6) is 0. The average Bonchev–Trinajstić information content (AvgIpc) is 3.93. The van der Waals surface area contributed by atoms with Crippen LogP contribution in [0.15, 0.2) is 206 Å². The van der Waals surface area contributed by atoms with E-state index in [0.717, 1.165) is 5.69 Å².